The fraction of sp³-hybridized carbons (Fsp3) is 0.333. The second kappa shape index (κ2) is 6.94. The number of aliphatic hydroxyl groups is 1. The van der Waals surface area contributed by atoms with Crippen LogP contribution >= 0.6 is 15.9 Å². The van der Waals surface area contributed by atoms with Crippen molar-refractivity contribution < 1.29 is 23.1 Å². The van der Waals surface area contributed by atoms with Crippen molar-refractivity contribution in [1.82, 2.24) is 14.9 Å². The Kier molecular flexibility index (Phi) is 5.34. The van der Waals surface area contributed by atoms with Gasteiger partial charge in [-0.05, 0) is 28.1 Å². The molecule has 0 fully saturated rings. The molecular weight excluding hydrogens is 391 g/mol. The molecule has 0 spiro atoms. The molecule has 24 heavy (non-hydrogen) atoms. The molecule has 0 aliphatic rings. The van der Waals surface area contributed by atoms with Crippen LogP contribution in [0.15, 0.2) is 41.1 Å². The summed E-state index contributed by atoms with van der Waals surface area (Å²) in [7, 11) is 1.36. The van der Waals surface area contributed by atoms with Gasteiger partial charge in [0.2, 0.25) is 5.60 Å². The van der Waals surface area contributed by atoms with Crippen molar-refractivity contribution in [2.45, 2.75) is 18.2 Å². The average molecular weight is 406 g/mol. The highest BCUT2D eigenvalue weighted by Crippen LogP contribution is 2.40. The molecule has 2 rings (SSSR count). The van der Waals surface area contributed by atoms with Crippen molar-refractivity contribution in [3.05, 3.63) is 52.5 Å². The van der Waals surface area contributed by atoms with Crippen LogP contribution in [-0.4, -0.2) is 33.3 Å². The van der Waals surface area contributed by atoms with E-state index in [9.17, 15) is 23.1 Å². The van der Waals surface area contributed by atoms with Gasteiger partial charge in [0.1, 0.15) is 5.82 Å². The van der Waals surface area contributed by atoms with Gasteiger partial charge in [-0.15, -0.1) is 0 Å². The molecule has 0 bridgehead atoms. The third-order valence-electron chi connectivity index (χ3n) is 3.55. The Balaban J connectivity index is 2.11. The lowest BCUT2D eigenvalue weighted by molar-refractivity contribution is -0.272. The molecular formula is C15H15BrF3N3O2. The van der Waals surface area contributed by atoms with E-state index in [2.05, 4.69) is 26.2 Å². The lowest BCUT2D eigenvalue weighted by atomic mass is 9.97. The number of amides is 1. The molecule has 0 radical (unpaired) electrons. The lowest BCUT2D eigenvalue weighted by Gasteiger charge is -2.30. The first kappa shape index (κ1) is 18.5. The van der Waals surface area contributed by atoms with Crippen LogP contribution in [0.1, 0.15) is 22.6 Å². The van der Waals surface area contributed by atoms with E-state index in [4.69, 9.17) is 0 Å². The highest BCUT2D eigenvalue weighted by atomic mass is 79.9. The number of hydrogen-bond acceptors (Lipinski definition) is 3. The number of alkyl halides is 3. The van der Waals surface area contributed by atoms with Gasteiger partial charge in [-0.3, -0.25) is 4.79 Å². The topological polar surface area (TPSA) is 67.2 Å². The number of carbonyl (C=O) groups is 1. The number of carbonyl (C=O) groups excluding carboxylic acids is 1. The van der Waals surface area contributed by atoms with Crippen molar-refractivity contribution in [1.29, 1.82) is 0 Å². The van der Waals surface area contributed by atoms with E-state index >= 15 is 0 Å². The van der Waals surface area contributed by atoms with Gasteiger partial charge in [0, 0.05) is 36.9 Å². The monoisotopic (exact) mass is 405 g/mol. The van der Waals surface area contributed by atoms with Gasteiger partial charge in [0.15, 0.2) is 0 Å². The van der Waals surface area contributed by atoms with Crippen molar-refractivity contribution in [3.8, 4) is 0 Å². The summed E-state index contributed by atoms with van der Waals surface area (Å²) in [6, 6.07) is 6.53. The van der Waals surface area contributed by atoms with Crippen LogP contribution in [0.25, 0.3) is 0 Å². The molecule has 1 amide bonds. The van der Waals surface area contributed by atoms with Crippen LogP contribution in [0.5, 0.6) is 0 Å². The maximum Gasteiger partial charge on any atom is 0.424 e. The van der Waals surface area contributed by atoms with Crippen LogP contribution in [0.3, 0.4) is 0 Å². The maximum absolute atomic E-state index is 13.3. The van der Waals surface area contributed by atoms with Crippen LogP contribution in [0.2, 0.25) is 0 Å². The van der Waals surface area contributed by atoms with Crippen molar-refractivity contribution in [2.24, 2.45) is 7.05 Å². The molecule has 1 atom stereocenters. The minimum atomic E-state index is -4.93. The number of imidazole rings is 1. The van der Waals surface area contributed by atoms with E-state index < -0.39 is 29.9 Å². The fourth-order valence-electron chi connectivity index (χ4n) is 2.24. The average Bonchev–Trinajstić information content (AvgIpc) is 2.92. The zero-order valence-corrected chi connectivity index (χ0v) is 14.2. The highest BCUT2D eigenvalue weighted by molar-refractivity contribution is 9.10. The van der Waals surface area contributed by atoms with E-state index in [0.29, 0.717) is 10.0 Å². The molecule has 2 aromatic rings. The number of rotatable bonds is 5. The molecule has 0 saturated carbocycles. The van der Waals surface area contributed by atoms with Gasteiger partial charge in [-0.25, -0.2) is 4.98 Å². The summed E-state index contributed by atoms with van der Waals surface area (Å²) >= 11 is 3.20. The van der Waals surface area contributed by atoms with Crippen LogP contribution < -0.4 is 5.32 Å². The van der Waals surface area contributed by atoms with Gasteiger partial charge in [-0.2, -0.15) is 13.2 Å². The molecule has 2 N–H and O–H groups in total. The SMILES string of the molecule is Cn1ccnc1[C@@](O)(CCNC(=O)c1ccccc1Br)C(F)(F)F. The number of benzene rings is 1. The first-order chi connectivity index (χ1) is 11.2. The maximum atomic E-state index is 13.3. The third kappa shape index (κ3) is 3.62. The smallest absolute Gasteiger partial charge is 0.374 e. The summed E-state index contributed by atoms with van der Waals surface area (Å²) in [5, 5.41) is 12.5. The summed E-state index contributed by atoms with van der Waals surface area (Å²) in [5.74, 6) is -1.06. The Morgan fingerprint density at radius 2 is 2.04 bits per heavy atom. The highest BCUT2D eigenvalue weighted by Gasteiger charge is 2.57. The number of aromatic nitrogens is 2. The van der Waals surface area contributed by atoms with Crippen LogP contribution in [0, 0.1) is 0 Å². The first-order valence-corrected chi connectivity index (χ1v) is 7.76. The molecule has 1 heterocycles. The van der Waals surface area contributed by atoms with Gasteiger partial charge >= 0.3 is 6.18 Å². The lowest BCUT2D eigenvalue weighted by Crippen LogP contribution is -2.46. The van der Waals surface area contributed by atoms with Gasteiger partial charge < -0.3 is 15.0 Å². The number of nitrogens with one attached hydrogen (secondary N) is 1. The zero-order valence-electron chi connectivity index (χ0n) is 12.6. The summed E-state index contributed by atoms with van der Waals surface area (Å²) in [5.41, 5.74) is -2.85. The minimum absolute atomic E-state index is 0.296. The van der Waals surface area contributed by atoms with Crippen molar-refractivity contribution in [3.63, 3.8) is 0 Å². The Morgan fingerprint density at radius 3 is 2.58 bits per heavy atom. The molecule has 0 unspecified atom stereocenters. The zero-order chi connectivity index (χ0) is 18.0. The predicted molar refractivity (Wildman–Crippen MR) is 84.3 cm³/mol. The van der Waals surface area contributed by atoms with E-state index in [1.807, 2.05) is 0 Å². The predicted octanol–water partition coefficient (Wildman–Crippen LogP) is 2.75. The van der Waals surface area contributed by atoms with Gasteiger partial charge in [0.05, 0.1) is 5.56 Å². The molecule has 0 aliphatic carbocycles. The molecule has 0 aliphatic heterocycles. The fourth-order valence-corrected chi connectivity index (χ4v) is 2.71. The molecule has 0 saturated heterocycles. The summed E-state index contributed by atoms with van der Waals surface area (Å²) in [4.78, 5) is 15.6. The number of nitrogens with zero attached hydrogens (tertiary/aromatic N) is 2. The van der Waals surface area contributed by atoms with E-state index in [1.54, 1.807) is 18.2 Å². The Morgan fingerprint density at radius 1 is 1.38 bits per heavy atom. The quantitative estimate of drug-likeness (QED) is 0.803. The van der Waals surface area contributed by atoms with Crippen LogP contribution in [-0.2, 0) is 12.6 Å². The number of hydrogen-bond donors (Lipinski definition) is 2. The molecule has 9 heteroatoms. The summed E-state index contributed by atoms with van der Waals surface area (Å²) in [6.07, 6.45) is -3.20. The van der Waals surface area contributed by atoms with Gasteiger partial charge in [-0.1, -0.05) is 12.1 Å². The first-order valence-electron chi connectivity index (χ1n) is 6.96. The second-order valence-electron chi connectivity index (χ2n) is 5.21. The number of aryl methyl sites for hydroxylation is 1. The third-order valence-corrected chi connectivity index (χ3v) is 4.24. The van der Waals surface area contributed by atoms with Crippen molar-refractivity contribution >= 4 is 21.8 Å². The Bertz CT molecular complexity index is 733. The molecule has 1 aromatic heterocycles. The second-order valence-corrected chi connectivity index (χ2v) is 6.06. The Labute approximate surface area is 144 Å². The largest absolute Gasteiger partial charge is 0.424 e. The standard InChI is InChI=1S/C15H15BrF3N3O2/c1-22-9-8-21-13(22)14(24,15(17,18)19)6-7-20-12(23)10-4-2-3-5-11(10)16/h2-5,8-9,24H,6-7H2,1H3,(H,20,23)/t14-/m0/s1. The summed E-state index contributed by atoms with van der Waals surface area (Å²) in [6.45, 7) is -0.372. The molecule has 1 aromatic carbocycles. The molecule has 5 nitrogen and oxygen atoms in total. The summed E-state index contributed by atoms with van der Waals surface area (Å²) < 4.78 is 41.6. The minimum Gasteiger partial charge on any atom is -0.374 e. The Hall–Kier alpha value is -1.87. The van der Waals surface area contributed by atoms with E-state index in [0.717, 1.165) is 4.57 Å². The molecule has 130 valence electrons. The van der Waals surface area contributed by atoms with Gasteiger partial charge in [0.25, 0.3) is 5.91 Å². The van der Waals surface area contributed by atoms with E-state index in [1.165, 1.54) is 25.5 Å². The van der Waals surface area contributed by atoms with Crippen molar-refractivity contribution in [2.75, 3.05) is 6.54 Å². The normalized spacial score (nSPS) is 14.2. The van der Waals surface area contributed by atoms with Crippen LogP contribution in [0.4, 0.5) is 13.2 Å². The number of halogens is 4. The van der Waals surface area contributed by atoms with E-state index in [-0.39, 0.29) is 6.54 Å².